The van der Waals surface area contributed by atoms with Crippen LogP contribution in [0.2, 0.25) is 0 Å². The van der Waals surface area contributed by atoms with Crippen molar-refractivity contribution in [1.82, 2.24) is 15.0 Å². The molecular formula is C24H33N5O2S. The predicted octanol–water partition coefficient (Wildman–Crippen LogP) is 4.74. The predicted molar refractivity (Wildman–Crippen MR) is 132 cm³/mol. The minimum absolute atomic E-state index is 0.161. The molecule has 0 aliphatic heterocycles. The van der Waals surface area contributed by atoms with Gasteiger partial charge in [-0.25, -0.2) is 9.97 Å². The van der Waals surface area contributed by atoms with Gasteiger partial charge in [-0.3, -0.25) is 0 Å². The molecule has 1 aliphatic rings. The maximum Gasteiger partial charge on any atom is 0.227 e. The molecule has 3 atom stereocenters. The molecule has 1 saturated carbocycles. The zero-order chi connectivity index (χ0) is 23.0. The summed E-state index contributed by atoms with van der Waals surface area (Å²) >= 11 is 1.63. The number of hydrogen-bond donors (Lipinski definition) is 2. The van der Waals surface area contributed by atoms with E-state index in [1.165, 1.54) is 0 Å². The van der Waals surface area contributed by atoms with Crippen LogP contribution in [0.1, 0.15) is 39.3 Å². The van der Waals surface area contributed by atoms with E-state index in [1.807, 2.05) is 51.0 Å². The number of nitrogens with zero attached hydrogens (tertiary/aromatic N) is 4. The molecule has 3 aromatic rings. The van der Waals surface area contributed by atoms with Gasteiger partial charge in [0.1, 0.15) is 16.6 Å². The van der Waals surface area contributed by atoms with E-state index in [4.69, 9.17) is 19.7 Å². The molecule has 2 aromatic heterocycles. The summed E-state index contributed by atoms with van der Waals surface area (Å²) in [5, 5.41) is 14.4. The molecule has 32 heavy (non-hydrogen) atoms. The van der Waals surface area contributed by atoms with Crippen LogP contribution in [0, 0.1) is 18.8 Å². The first-order chi connectivity index (χ1) is 15.3. The number of aliphatic hydroxyl groups excluding tert-OH is 1. The van der Waals surface area contributed by atoms with E-state index in [9.17, 15) is 5.11 Å². The minimum atomic E-state index is -0.161. The number of ether oxygens (including phenoxy) is 1. The number of fused-ring (bicyclic) bond motifs is 1. The molecule has 2 heterocycles. The second kappa shape index (κ2) is 8.83. The largest absolute Gasteiger partial charge is 0.494 e. The third-order valence-corrected chi connectivity index (χ3v) is 7.78. The number of hydrogen-bond acceptors (Lipinski definition) is 8. The van der Waals surface area contributed by atoms with Crippen LogP contribution in [0.4, 0.5) is 11.8 Å². The van der Waals surface area contributed by atoms with Gasteiger partial charge in [-0.05, 0) is 63.6 Å². The molecule has 0 saturated heterocycles. The number of aromatic nitrogens is 3. The summed E-state index contributed by atoms with van der Waals surface area (Å²) in [6.45, 7) is 9.31. The Labute approximate surface area is 193 Å². The average Bonchev–Trinajstić information content (AvgIpc) is 3.28. The Morgan fingerprint density at radius 3 is 2.72 bits per heavy atom. The maximum absolute atomic E-state index is 9.79. The van der Waals surface area contributed by atoms with Crippen molar-refractivity contribution in [3.05, 3.63) is 23.9 Å². The molecule has 3 unspecified atom stereocenters. The molecule has 8 heteroatoms. The maximum atomic E-state index is 9.79. The Morgan fingerprint density at radius 1 is 1.28 bits per heavy atom. The number of aliphatic hydroxyl groups is 1. The average molecular weight is 456 g/mol. The number of aryl methyl sites for hydroxylation is 1. The fraction of sp³-hybridized carbons (Fsp3) is 0.542. The zero-order valence-electron chi connectivity index (χ0n) is 19.8. The second-order valence-electron chi connectivity index (χ2n) is 9.12. The number of nitrogens with one attached hydrogen (secondary N) is 1. The summed E-state index contributed by atoms with van der Waals surface area (Å²) < 4.78 is 6.75. The minimum Gasteiger partial charge on any atom is -0.494 e. The molecule has 1 fully saturated rings. The van der Waals surface area contributed by atoms with Crippen LogP contribution in [0.5, 0.6) is 5.75 Å². The van der Waals surface area contributed by atoms with Crippen molar-refractivity contribution in [2.75, 3.05) is 37.5 Å². The van der Waals surface area contributed by atoms with Crippen molar-refractivity contribution >= 4 is 33.3 Å². The third kappa shape index (κ3) is 4.13. The number of rotatable bonds is 7. The monoisotopic (exact) mass is 455 g/mol. The molecule has 0 bridgehead atoms. The molecule has 4 rings (SSSR count). The Kier molecular flexibility index (Phi) is 6.27. The van der Waals surface area contributed by atoms with Crippen LogP contribution >= 0.6 is 11.3 Å². The van der Waals surface area contributed by atoms with E-state index < -0.39 is 0 Å². The van der Waals surface area contributed by atoms with E-state index in [-0.39, 0.29) is 12.1 Å². The van der Waals surface area contributed by atoms with Crippen LogP contribution in [-0.4, -0.2) is 52.9 Å². The van der Waals surface area contributed by atoms with Crippen molar-refractivity contribution in [1.29, 1.82) is 0 Å². The SMILES string of the molecule is CCOc1ccc2nc(-c3c(C)nc(N(C)C)nc3NC3(C)CCC(CO)C3C)sc2c1. The highest BCUT2D eigenvalue weighted by Gasteiger charge is 2.43. The Hall–Kier alpha value is -2.45. The second-order valence-corrected chi connectivity index (χ2v) is 10.2. The molecule has 172 valence electrons. The van der Waals surface area contributed by atoms with Crippen molar-refractivity contribution in [3.8, 4) is 16.3 Å². The first-order valence-electron chi connectivity index (χ1n) is 11.2. The first kappa shape index (κ1) is 22.7. The Morgan fingerprint density at radius 2 is 2.06 bits per heavy atom. The van der Waals surface area contributed by atoms with E-state index >= 15 is 0 Å². The lowest BCUT2D eigenvalue weighted by Crippen LogP contribution is -2.40. The highest BCUT2D eigenvalue weighted by atomic mass is 32.1. The highest BCUT2D eigenvalue weighted by molar-refractivity contribution is 7.21. The van der Waals surface area contributed by atoms with Gasteiger partial charge in [0, 0.05) is 26.2 Å². The number of anilines is 2. The van der Waals surface area contributed by atoms with Crippen molar-refractivity contribution in [3.63, 3.8) is 0 Å². The van der Waals surface area contributed by atoms with Crippen LogP contribution in [0.25, 0.3) is 20.8 Å². The van der Waals surface area contributed by atoms with Gasteiger partial charge in [-0.15, -0.1) is 11.3 Å². The van der Waals surface area contributed by atoms with E-state index in [1.54, 1.807) is 11.3 Å². The van der Waals surface area contributed by atoms with Crippen LogP contribution in [0.15, 0.2) is 18.2 Å². The molecule has 1 aliphatic carbocycles. The Balaban J connectivity index is 1.81. The molecule has 0 amide bonds. The third-order valence-electron chi connectivity index (χ3n) is 6.75. The molecule has 0 spiro atoms. The fourth-order valence-corrected chi connectivity index (χ4v) is 5.64. The van der Waals surface area contributed by atoms with Gasteiger partial charge in [0.25, 0.3) is 0 Å². The standard InChI is InChI=1S/C24H33N5O2S/c1-7-31-17-8-9-18-19(12-17)32-22(26-18)20-15(3)25-23(29(5)6)27-21(20)28-24(4)11-10-16(13-30)14(24)2/h8-9,12,14,16,30H,7,10-11,13H2,1-6H3,(H,25,27,28). The summed E-state index contributed by atoms with van der Waals surface area (Å²) in [5.41, 5.74) is 2.61. The molecule has 1 aromatic carbocycles. The van der Waals surface area contributed by atoms with Crippen molar-refractivity contribution in [2.24, 2.45) is 11.8 Å². The topological polar surface area (TPSA) is 83.4 Å². The smallest absolute Gasteiger partial charge is 0.227 e. The lowest BCUT2D eigenvalue weighted by atomic mass is 9.86. The van der Waals surface area contributed by atoms with Gasteiger partial charge in [0.15, 0.2) is 0 Å². The summed E-state index contributed by atoms with van der Waals surface area (Å²) in [6.07, 6.45) is 1.99. The number of thiazole rings is 1. The van der Waals surface area contributed by atoms with Crippen molar-refractivity contribution in [2.45, 2.75) is 46.1 Å². The summed E-state index contributed by atoms with van der Waals surface area (Å²) in [6, 6.07) is 6.01. The molecule has 7 nitrogen and oxygen atoms in total. The summed E-state index contributed by atoms with van der Waals surface area (Å²) in [5.74, 6) is 2.95. The van der Waals surface area contributed by atoms with Gasteiger partial charge in [-0.1, -0.05) is 6.92 Å². The quantitative estimate of drug-likeness (QED) is 0.532. The fourth-order valence-electron chi connectivity index (χ4n) is 4.55. The normalized spacial score (nSPS) is 23.0. The Bertz CT molecular complexity index is 1120. The van der Waals surface area contributed by atoms with Crippen LogP contribution in [0.3, 0.4) is 0 Å². The van der Waals surface area contributed by atoms with Gasteiger partial charge < -0.3 is 20.1 Å². The highest BCUT2D eigenvalue weighted by Crippen LogP contribution is 2.44. The summed E-state index contributed by atoms with van der Waals surface area (Å²) in [7, 11) is 3.90. The lowest BCUT2D eigenvalue weighted by molar-refractivity contribution is 0.187. The molecule has 2 N–H and O–H groups in total. The van der Waals surface area contributed by atoms with Crippen LogP contribution in [-0.2, 0) is 0 Å². The van der Waals surface area contributed by atoms with E-state index in [2.05, 4.69) is 19.2 Å². The van der Waals surface area contributed by atoms with Crippen LogP contribution < -0.4 is 15.0 Å². The molecule has 0 radical (unpaired) electrons. The van der Waals surface area contributed by atoms with Gasteiger partial charge >= 0.3 is 0 Å². The zero-order valence-corrected chi connectivity index (χ0v) is 20.6. The number of benzene rings is 1. The van der Waals surface area contributed by atoms with E-state index in [0.717, 1.165) is 50.9 Å². The van der Waals surface area contributed by atoms with Gasteiger partial charge in [0.05, 0.1) is 28.1 Å². The van der Waals surface area contributed by atoms with E-state index in [0.29, 0.717) is 24.4 Å². The lowest BCUT2D eigenvalue weighted by Gasteiger charge is -2.34. The molecular weight excluding hydrogens is 422 g/mol. The van der Waals surface area contributed by atoms with Gasteiger partial charge in [0.2, 0.25) is 5.95 Å². The first-order valence-corrected chi connectivity index (χ1v) is 12.1. The van der Waals surface area contributed by atoms with Crippen molar-refractivity contribution < 1.29 is 9.84 Å². The van der Waals surface area contributed by atoms with Gasteiger partial charge in [-0.2, -0.15) is 4.98 Å². The summed E-state index contributed by atoms with van der Waals surface area (Å²) in [4.78, 5) is 16.5.